The number of ether oxygens (including phenoxy) is 2. The van der Waals surface area contributed by atoms with Gasteiger partial charge in [-0.2, -0.15) is 0 Å². The van der Waals surface area contributed by atoms with Gasteiger partial charge in [-0.3, -0.25) is 4.79 Å². The molecule has 3 aromatic rings. The Morgan fingerprint density at radius 2 is 2.00 bits per heavy atom. The van der Waals surface area contributed by atoms with Crippen LogP contribution in [-0.2, 0) is 0 Å². The highest BCUT2D eigenvalue weighted by Crippen LogP contribution is 2.29. The first-order valence-corrected chi connectivity index (χ1v) is 6.58. The Morgan fingerprint density at radius 1 is 1.14 bits per heavy atom. The van der Waals surface area contributed by atoms with E-state index in [1.807, 2.05) is 0 Å². The predicted octanol–water partition coefficient (Wildman–Crippen LogP) is 3.10. The zero-order valence-electron chi connectivity index (χ0n) is 12.1. The van der Waals surface area contributed by atoms with E-state index in [-0.39, 0.29) is 5.91 Å². The minimum absolute atomic E-state index is 0.267. The van der Waals surface area contributed by atoms with Crippen LogP contribution in [0.5, 0.6) is 11.5 Å². The summed E-state index contributed by atoms with van der Waals surface area (Å²) in [4.78, 5) is 16.4. The maximum Gasteiger partial charge on any atom is 0.255 e. The number of carbonyl (C=O) groups is 1. The van der Waals surface area contributed by atoms with E-state index in [9.17, 15) is 4.79 Å². The van der Waals surface area contributed by atoms with Gasteiger partial charge in [0.1, 0.15) is 17.0 Å². The van der Waals surface area contributed by atoms with Crippen LogP contribution >= 0.6 is 0 Å². The van der Waals surface area contributed by atoms with Crippen molar-refractivity contribution < 1.29 is 18.7 Å². The van der Waals surface area contributed by atoms with Crippen molar-refractivity contribution in [3.63, 3.8) is 0 Å². The lowest BCUT2D eigenvalue weighted by Crippen LogP contribution is -2.12. The van der Waals surface area contributed by atoms with Crippen molar-refractivity contribution in [3.8, 4) is 11.5 Å². The number of fused-ring (bicyclic) bond motifs is 1. The van der Waals surface area contributed by atoms with Crippen LogP contribution in [0.4, 0.5) is 5.69 Å². The molecule has 1 aromatic heterocycles. The van der Waals surface area contributed by atoms with Crippen molar-refractivity contribution in [2.24, 2.45) is 0 Å². The minimum Gasteiger partial charge on any atom is -0.497 e. The second-order valence-electron chi connectivity index (χ2n) is 4.56. The van der Waals surface area contributed by atoms with Crippen molar-refractivity contribution in [2.45, 2.75) is 0 Å². The van der Waals surface area contributed by atoms with Crippen LogP contribution in [0.15, 0.2) is 47.2 Å². The fourth-order valence-electron chi connectivity index (χ4n) is 2.11. The maximum atomic E-state index is 12.4. The van der Waals surface area contributed by atoms with Crippen LogP contribution in [0.2, 0.25) is 0 Å². The first-order chi connectivity index (χ1) is 10.7. The molecule has 1 heterocycles. The molecule has 6 heteroatoms. The highest BCUT2D eigenvalue weighted by molar-refractivity contribution is 6.06. The van der Waals surface area contributed by atoms with Gasteiger partial charge in [-0.1, -0.05) is 0 Å². The predicted molar refractivity (Wildman–Crippen MR) is 81.5 cm³/mol. The topological polar surface area (TPSA) is 73.6 Å². The van der Waals surface area contributed by atoms with Crippen molar-refractivity contribution in [3.05, 3.63) is 48.4 Å². The standard InChI is InChI=1S/C16H14N2O4/c1-20-11-4-6-14(21-2)13(8-11)18-16(19)10-3-5-15-12(7-10)17-9-22-15/h3-9H,1-2H3,(H,18,19). The number of nitrogens with zero attached hydrogens (tertiary/aromatic N) is 1. The summed E-state index contributed by atoms with van der Waals surface area (Å²) in [6, 6.07) is 10.2. The van der Waals surface area contributed by atoms with Gasteiger partial charge in [-0.15, -0.1) is 0 Å². The number of methoxy groups -OCH3 is 2. The van der Waals surface area contributed by atoms with E-state index in [4.69, 9.17) is 13.9 Å². The normalized spacial score (nSPS) is 10.5. The van der Waals surface area contributed by atoms with Gasteiger partial charge >= 0.3 is 0 Å². The lowest BCUT2D eigenvalue weighted by molar-refractivity contribution is 0.102. The second kappa shape index (κ2) is 5.77. The Kier molecular flexibility index (Phi) is 3.65. The first-order valence-electron chi connectivity index (χ1n) is 6.58. The zero-order chi connectivity index (χ0) is 15.5. The van der Waals surface area contributed by atoms with Gasteiger partial charge in [0, 0.05) is 11.6 Å². The average molecular weight is 298 g/mol. The number of amides is 1. The molecule has 6 nitrogen and oxygen atoms in total. The third-order valence-corrected chi connectivity index (χ3v) is 3.25. The molecule has 0 unspecified atom stereocenters. The molecular weight excluding hydrogens is 284 g/mol. The van der Waals surface area contributed by atoms with Crippen LogP contribution < -0.4 is 14.8 Å². The molecule has 0 bridgehead atoms. The number of rotatable bonds is 4. The monoisotopic (exact) mass is 298 g/mol. The molecule has 3 rings (SSSR count). The van der Waals surface area contributed by atoms with Crippen molar-refractivity contribution in [1.29, 1.82) is 0 Å². The Balaban J connectivity index is 1.89. The summed E-state index contributed by atoms with van der Waals surface area (Å²) in [6.45, 7) is 0. The van der Waals surface area contributed by atoms with Gasteiger partial charge in [0.15, 0.2) is 12.0 Å². The van der Waals surface area contributed by atoms with Crippen LogP contribution in [0.1, 0.15) is 10.4 Å². The highest BCUT2D eigenvalue weighted by Gasteiger charge is 2.12. The largest absolute Gasteiger partial charge is 0.497 e. The Bertz CT molecular complexity index is 826. The fourth-order valence-corrected chi connectivity index (χ4v) is 2.11. The quantitative estimate of drug-likeness (QED) is 0.801. The highest BCUT2D eigenvalue weighted by atomic mass is 16.5. The molecule has 22 heavy (non-hydrogen) atoms. The molecular formula is C16H14N2O4. The average Bonchev–Trinajstić information content (AvgIpc) is 3.02. The fraction of sp³-hybridized carbons (Fsp3) is 0.125. The molecule has 1 amide bonds. The smallest absolute Gasteiger partial charge is 0.255 e. The lowest BCUT2D eigenvalue weighted by Gasteiger charge is -2.11. The SMILES string of the molecule is COc1ccc(OC)c(NC(=O)c2ccc3ocnc3c2)c1. The number of hydrogen-bond donors (Lipinski definition) is 1. The number of oxazole rings is 1. The van der Waals surface area contributed by atoms with Crippen LogP contribution in [0.25, 0.3) is 11.1 Å². The van der Waals surface area contributed by atoms with E-state index < -0.39 is 0 Å². The Hall–Kier alpha value is -3.02. The molecule has 0 aliphatic rings. The number of benzene rings is 2. The summed E-state index contributed by atoms with van der Waals surface area (Å²) in [5, 5.41) is 2.81. The second-order valence-corrected chi connectivity index (χ2v) is 4.56. The molecule has 0 saturated carbocycles. The Morgan fingerprint density at radius 3 is 2.77 bits per heavy atom. The summed E-state index contributed by atoms with van der Waals surface area (Å²) in [5.41, 5.74) is 2.28. The summed E-state index contributed by atoms with van der Waals surface area (Å²) >= 11 is 0. The summed E-state index contributed by atoms with van der Waals surface area (Å²) in [6.07, 6.45) is 1.34. The molecule has 0 aliphatic heterocycles. The van der Waals surface area contributed by atoms with Crippen LogP contribution in [0, 0.1) is 0 Å². The van der Waals surface area contributed by atoms with E-state index in [0.29, 0.717) is 33.8 Å². The number of hydrogen-bond acceptors (Lipinski definition) is 5. The summed E-state index contributed by atoms with van der Waals surface area (Å²) in [5.74, 6) is 0.913. The van der Waals surface area contributed by atoms with E-state index in [0.717, 1.165) is 0 Å². The van der Waals surface area contributed by atoms with E-state index >= 15 is 0 Å². The number of carbonyl (C=O) groups excluding carboxylic acids is 1. The zero-order valence-corrected chi connectivity index (χ0v) is 12.1. The van der Waals surface area contributed by atoms with Gasteiger partial charge in [-0.25, -0.2) is 4.98 Å². The van der Waals surface area contributed by atoms with Crippen molar-refractivity contribution in [1.82, 2.24) is 4.98 Å². The van der Waals surface area contributed by atoms with Gasteiger partial charge in [-0.05, 0) is 30.3 Å². The minimum atomic E-state index is -0.267. The molecule has 0 saturated heterocycles. The summed E-state index contributed by atoms with van der Waals surface area (Å²) < 4.78 is 15.6. The van der Waals surface area contributed by atoms with Crippen molar-refractivity contribution >= 4 is 22.7 Å². The lowest BCUT2D eigenvalue weighted by atomic mass is 10.2. The number of nitrogens with one attached hydrogen (secondary N) is 1. The molecule has 0 atom stereocenters. The third kappa shape index (κ3) is 2.58. The van der Waals surface area contributed by atoms with E-state index in [1.54, 1.807) is 50.6 Å². The van der Waals surface area contributed by atoms with E-state index in [2.05, 4.69) is 10.3 Å². The molecule has 0 radical (unpaired) electrons. The first kappa shape index (κ1) is 13.9. The maximum absolute atomic E-state index is 12.4. The molecule has 0 aliphatic carbocycles. The molecule has 1 N–H and O–H groups in total. The Labute approximate surface area is 126 Å². The molecule has 112 valence electrons. The van der Waals surface area contributed by atoms with Gasteiger partial charge in [0.2, 0.25) is 0 Å². The number of aromatic nitrogens is 1. The summed E-state index contributed by atoms with van der Waals surface area (Å²) in [7, 11) is 3.10. The van der Waals surface area contributed by atoms with Gasteiger partial charge in [0.05, 0.1) is 19.9 Å². The molecule has 0 fully saturated rings. The van der Waals surface area contributed by atoms with Crippen molar-refractivity contribution in [2.75, 3.05) is 19.5 Å². The molecule has 2 aromatic carbocycles. The van der Waals surface area contributed by atoms with Crippen LogP contribution in [-0.4, -0.2) is 25.1 Å². The third-order valence-electron chi connectivity index (χ3n) is 3.25. The van der Waals surface area contributed by atoms with Crippen LogP contribution in [0.3, 0.4) is 0 Å². The van der Waals surface area contributed by atoms with E-state index in [1.165, 1.54) is 6.39 Å². The van der Waals surface area contributed by atoms with Gasteiger partial charge in [0.25, 0.3) is 5.91 Å². The molecule has 0 spiro atoms. The number of anilines is 1. The van der Waals surface area contributed by atoms with Gasteiger partial charge < -0.3 is 19.2 Å².